The second-order valence-electron chi connectivity index (χ2n) is 6.92. The standard InChI is InChI=1S/C18H21N3O4S2/c22-17(15-4-1-2-8-19-15)20-14-12-18(25-13-14)6-9-21(10-7-18)27(23,24)16-5-3-11-26-16/h1-5,8,11,14H,6-7,9-10,12-13H2,(H,20,22)/t14-/m1/s1. The van der Waals surface area contributed by atoms with E-state index in [-0.39, 0.29) is 17.6 Å². The van der Waals surface area contributed by atoms with E-state index in [1.807, 2.05) is 0 Å². The molecule has 2 aromatic rings. The van der Waals surface area contributed by atoms with Gasteiger partial charge in [0.1, 0.15) is 9.90 Å². The molecular weight excluding hydrogens is 386 g/mol. The van der Waals surface area contributed by atoms with E-state index in [9.17, 15) is 13.2 Å². The minimum Gasteiger partial charge on any atom is -0.373 e. The smallest absolute Gasteiger partial charge is 0.270 e. The maximum atomic E-state index is 12.6. The summed E-state index contributed by atoms with van der Waals surface area (Å²) < 4.78 is 33.2. The van der Waals surface area contributed by atoms with Gasteiger partial charge >= 0.3 is 0 Å². The summed E-state index contributed by atoms with van der Waals surface area (Å²) in [5, 5.41) is 4.75. The van der Waals surface area contributed by atoms with Crippen LogP contribution < -0.4 is 5.32 Å². The van der Waals surface area contributed by atoms with Gasteiger partial charge in [0.2, 0.25) is 0 Å². The maximum Gasteiger partial charge on any atom is 0.270 e. The van der Waals surface area contributed by atoms with Crippen LogP contribution in [-0.2, 0) is 14.8 Å². The molecule has 1 atom stereocenters. The summed E-state index contributed by atoms with van der Waals surface area (Å²) in [6, 6.07) is 8.52. The van der Waals surface area contributed by atoms with E-state index in [0.717, 1.165) is 0 Å². The largest absolute Gasteiger partial charge is 0.373 e. The van der Waals surface area contributed by atoms with Gasteiger partial charge in [-0.1, -0.05) is 12.1 Å². The zero-order valence-corrected chi connectivity index (χ0v) is 16.3. The predicted octanol–water partition coefficient (Wildman–Crippen LogP) is 1.89. The van der Waals surface area contributed by atoms with Gasteiger partial charge in [-0.3, -0.25) is 9.78 Å². The van der Waals surface area contributed by atoms with Crippen LogP contribution in [0.3, 0.4) is 0 Å². The lowest BCUT2D eigenvalue weighted by Gasteiger charge is -2.37. The molecule has 0 aromatic carbocycles. The maximum absolute atomic E-state index is 12.6. The predicted molar refractivity (Wildman–Crippen MR) is 101 cm³/mol. The van der Waals surface area contributed by atoms with Crippen LogP contribution >= 0.6 is 11.3 Å². The molecule has 1 amide bonds. The molecule has 9 heteroatoms. The van der Waals surface area contributed by atoms with Crippen molar-refractivity contribution in [3.05, 3.63) is 47.6 Å². The molecule has 2 aliphatic rings. The lowest BCUT2D eigenvalue weighted by atomic mass is 9.88. The van der Waals surface area contributed by atoms with Crippen molar-refractivity contribution in [2.24, 2.45) is 0 Å². The highest BCUT2D eigenvalue weighted by Gasteiger charge is 2.45. The summed E-state index contributed by atoms with van der Waals surface area (Å²) in [6.07, 6.45) is 3.55. The van der Waals surface area contributed by atoms with Crippen LogP contribution in [0.4, 0.5) is 0 Å². The van der Waals surface area contributed by atoms with Crippen molar-refractivity contribution in [1.29, 1.82) is 0 Å². The van der Waals surface area contributed by atoms with Crippen LogP contribution in [0.2, 0.25) is 0 Å². The molecule has 27 heavy (non-hydrogen) atoms. The number of aromatic nitrogens is 1. The molecule has 0 bridgehead atoms. The Morgan fingerprint density at radius 1 is 1.26 bits per heavy atom. The number of piperidine rings is 1. The van der Waals surface area contributed by atoms with E-state index in [0.29, 0.717) is 48.9 Å². The van der Waals surface area contributed by atoms with Crippen LogP contribution in [0.5, 0.6) is 0 Å². The topological polar surface area (TPSA) is 88.6 Å². The Morgan fingerprint density at radius 3 is 2.74 bits per heavy atom. The molecule has 2 aliphatic heterocycles. The van der Waals surface area contributed by atoms with Crippen molar-refractivity contribution in [1.82, 2.24) is 14.6 Å². The molecule has 0 aliphatic carbocycles. The van der Waals surface area contributed by atoms with E-state index >= 15 is 0 Å². The number of carbonyl (C=O) groups excluding carboxylic acids is 1. The third-order valence-corrected chi connectivity index (χ3v) is 8.44. The molecule has 144 valence electrons. The van der Waals surface area contributed by atoms with E-state index in [1.54, 1.807) is 41.9 Å². The van der Waals surface area contributed by atoms with E-state index in [2.05, 4.69) is 10.3 Å². The van der Waals surface area contributed by atoms with Gasteiger partial charge in [0.15, 0.2) is 0 Å². The molecule has 2 saturated heterocycles. The second-order valence-corrected chi connectivity index (χ2v) is 10.0. The van der Waals surface area contributed by atoms with Gasteiger partial charge < -0.3 is 10.1 Å². The third-order valence-electron chi connectivity index (χ3n) is 5.16. The van der Waals surface area contributed by atoms with Crippen LogP contribution in [0.15, 0.2) is 46.1 Å². The number of hydrogen-bond donors (Lipinski definition) is 1. The monoisotopic (exact) mass is 407 g/mol. The van der Waals surface area contributed by atoms with Gasteiger partial charge in [-0.25, -0.2) is 8.42 Å². The van der Waals surface area contributed by atoms with Crippen molar-refractivity contribution in [2.75, 3.05) is 19.7 Å². The normalized spacial score (nSPS) is 22.7. The number of hydrogen-bond acceptors (Lipinski definition) is 6. The molecular formula is C18H21N3O4S2. The first-order valence-electron chi connectivity index (χ1n) is 8.88. The Balaban J connectivity index is 1.35. The number of sulfonamides is 1. The molecule has 2 aromatic heterocycles. The first-order valence-corrected chi connectivity index (χ1v) is 11.2. The molecule has 0 saturated carbocycles. The van der Waals surface area contributed by atoms with Crippen LogP contribution in [-0.4, -0.2) is 55.0 Å². The number of ether oxygens (including phenoxy) is 1. The highest BCUT2D eigenvalue weighted by molar-refractivity contribution is 7.91. The lowest BCUT2D eigenvalue weighted by molar-refractivity contribution is -0.0311. The van der Waals surface area contributed by atoms with E-state index < -0.39 is 10.0 Å². The van der Waals surface area contributed by atoms with Gasteiger partial charge in [0.25, 0.3) is 15.9 Å². The van der Waals surface area contributed by atoms with Gasteiger partial charge in [0.05, 0.1) is 18.2 Å². The summed E-state index contributed by atoms with van der Waals surface area (Å²) in [7, 11) is -3.42. The number of nitrogens with one attached hydrogen (secondary N) is 1. The lowest BCUT2D eigenvalue weighted by Crippen LogP contribution is -2.47. The van der Waals surface area contributed by atoms with Crippen molar-refractivity contribution in [3.8, 4) is 0 Å². The van der Waals surface area contributed by atoms with Crippen LogP contribution in [0, 0.1) is 0 Å². The fourth-order valence-corrected chi connectivity index (χ4v) is 6.30. The molecule has 0 radical (unpaired) electrons. The minimum atomic E-state index is -3.42. The Labute approximate surface area is 162 Å². The SMILES string of the molecule is O=C(N[C@H]1COC2(CCN(S(=O)(=O)c3cccs3)CC2)C1)c1ccccn1. The molecule has 1 spiro atoms. The fourth-order valence-electron chi connectivity index (χ4n) is 3.71. The van der Waals surface area contributed by atoms with Crippen molar-refractivity contribution in [3.63, 3.8) is 0 Å². The first-order chi connectivity index (χ1) is 13.0. The molecule has 1 N–H and O–H groups in total. The molecule has 4 heterocycles. The van der Waals surface area contributed by atoms with Gasteiger partial charge in [0, 0.05) is 19.3 Å². The molecule has 7 nitrogen and oxygen atoms in total. The van der Waals surface area contributed by atoms with Gasteiger partial charge in [-0.05, 0) is 42.8 Å². The Hall–Kier alpha value is -1.81. The number of carbonyl (C=O) groups is 1. The number of pyridine rings is 1. The summed E-state index contributed by atoms with van der Waals surface area (Å²) >= 11 is 1.24. The zero-order chi connectivity index (χ0) is 18.9. The summed E-state index contributed by atoms with van der Waals surface area (Å²) in [5.74, 6) is -0.209. The number of rotatable bonds is 4. The summed E-state index contributed by atoms with van der Waals surface area (Å²) in [4.78, 5) is 16.3. The number of thiophene rings is 1. The Morgan fingerprint density at radius 2 is 2.07 bits per heavy atom. The summed E-state index contributed by atoms with van der Waals surface area (Å²) in [5.41, 5.74) is 0.0269. The van der Waals surface area contributed by atoms with Crippen molar-refractivity contribution in [2.45, 2.75) is 35.1 Å². The molecule has 2 fully saturated rings. The minimum absolute atomic E-state index is 0.0834. The van der Waals surface area contributed by atoms with Crippen molar-refractivity contribution < 1.29 is 17.9 Å². The quantitative estimate of drug-likeness (QED) is 0.836. The second kappa shape index (κ2) is 7.31. The van der Waals surface area contributed by atoms with E-state index in [1.165, 1.54) is 15.6 Å². The highest BCUT2D eigenvalue weighted by Crippen LogP contribution is 2.37. The highest BCUT2D eigenvalue weighted by atomic mass is 32.2. The van der Waals surface area contributed by atoms with Crippen LogP contribution in [0.25, 0.3) is 0 Å². The number of amides is 1. The molecule has 4 rings (SSSR count). The van der Waals surface area contributed by atoms with Gasteiger partial charge in [-0.2, -0.15) is 4.31 Å². The zero-order valence-electron chi connectivity index (χ0n) is 14.7. The number of nitrogens with zero attached hydrogens (tertiary/aromatic N) is 2. The van der Waals surface area contributed by atoms with E-state index in [4.69, 9.17) is 4.74 Å². The van der Waals surface area contributed by atoms with Crippen molar-refractivity contribution >= 4 is 27.3 Å². The fraction of sp³-hybridized carbons (Fsp3) is 0.444. The Bertz CT molecular complexity index is 892. The summed E-state index contributed by atoms with van der Waals surface area (Å²) in [6.45, 7) is 1.30. The third kappa shape index (κ3) is 3.77. The molecule has 0 unspecified atom stereocenters. The van der Waals surface area contributed by atoms with Gasteiger partial charge in [-0.15, -0.1) is 11.3 Å². The first kappa shape index (κ1) is 18.5. The Kier molecular flexibility index (Phi) is 5.02. The average Bonchev–Trinajstić information content (AvgIpc) is 3.34. The van der Waals surface area contributed by atoms with Crippen LogP contribution in [0.1, 0.15) is 29.8 Å². The average molecular weight is 408 g/mol.